The van der Waals surface area contributed by atoms with Crippen LogP contribution in [0.2, 0.25) is 0 Å². The van der Waals surface area contributed by atoms with Gasteiger partial charge in [-0.1, -0.05) is 35.5 Å². The summed E-state index contributed by atoms with van der Waals surface area (Å²) in [6.45, 7) is 3.06. The molecule has 0 unspecified atom stereocenters. The molecule has 1 fully saturated rings. The van der Waals surface area contributed by atoms with E-state index in [1.165, 1.54) is 5.56 Å². The summed E-state index contributed by atoms with van der Waals surface area (Å²) in [6.07, 6.45) is 0.137. The summed E-state index contributed by atoms with van der Waals surface area (Å²) in [5, 5.41) is 6.41. The van der Waals surface area contributed by atoms with E-state index < -0.39 is 0 Å². The molecule has 0 bridgehead atoms. The summed E-state index contributed by atoms with van der Waals surface area (Å²) < 4.78 is 5.27. The van der Waals surface area contributed by atoms with Gasteiger partial charge in [0.15, 0.2) is 5.82 Å². The number of carbonyl (C=O) groups excluding carboxylic acids is 1. The van der Waals surface area contributed by atoms with Crippen LogP contribution in [0, 0.1) is 5.92 Å². The van der Waals surface area contributed by atoms with Gasteiger partial charge in [0.2, 0.25) is 11.8 Å². The molecule has 24 heavy (non-hydrogen) atoms. The molecule has 0 aliphatic carbocycles. The van der Waals surface area contributed by atoms with Gasteiger partial charge in [-0.25, -0.2) is 0 Å². The highest BCUT2D eigenvalue weighted by molar-refractivity contribution is 5.77. The monoisotopic (exact) mass is 329 g/mol. The second-order valence-corrected chi connectivity index (χ2v) is 6.16. The van der Waals surface area contributed by atoms with Crippen LogP contribution in [0.5, 0.6) is 0 Å². The van der Waals surface area contributed by atoms with Crippen molar-refractivity contribution in [3.63, 3.8) is 0 Å². The Labute approximate surface area is 141 Å². The second-order valence-electron chi connectivity index (χ2n) is 6.16. The number of rotatable bonds is 6. The smallest absolute Gasteiger partial charge is 0.240 e. The second kappa shape index (κ2) is 7.55. The van der Waals surface area contributed by atoms with E-state index in [-0.39, 0.29) is 12.3 Å². The van der Waals surface area contributed by atoms with E-state index in [1.54, 1.807) is 7.05 Å². The number of likely N-dealkylation sites (N-methyl/N-ethyl adjacent to an activating group) is 1. The molecule has 0 saturated carbocycles. The number of amides is 1. The molecule has 3 N–H and O–H groups in total. The Hall–Kier alpha value is -2.25. The van der Waals surface area contributed by atoms with Crippen LogP contribution in [-0.2, 0) is 17.8 Å². The molecule has 7 heteroatoms. The molecular weight excluding hydrogens is 306 g/mol. The Kier molecular flexibility index (Phi) is 5.22. The third kappa shape index (κ3) is 3.80. The lowest BCUT2D eigenvalue weighted by molar-refractivity contribution is -0.120. The zero-order valence-corrected chi connectivity index (χ0v) is 13.8. The molecule has 1 aliphatic heterocycles. The first-order valence-corrected chi connectivity index (χ1v) is 8.19. The summed E-state index contributed by atoms with van der Waals surface area (Å²) in [5.74, 6) is 1.66. The van der Waals surface area contributed by atoms with Gasteiger partial charge < -0.3 is 15.6 Å². The highest BCUT2D eigenvalue weighted by Crippen LogP contribution is 2.32. The Balaban J connectivity index is 1.63. The number of hydrogen-bond donors (Lipinski definition) is 2. The minimum Gasteiger partial charge on any atom is -0.359 e. The average molecular weight is 329 g/mol. The lowest BCUT2D eigenvalue weighted by Crippen LogP contribution is -2.23. The molecule has 0 radical (unpaired) electrons. The van der Waals surface area contributed by atoms with Crippen molar-refractivity contribution in [2.24, 2.45) is 11.7 Å². The standard InChI is InChI=1S/C17H23N5O2/c1-19-16(23)7-15-20-17(24-21-15)11-22-9-13(8-18)14(10-22)12-5-3-2-4-6-12/h2-6,13-14H,7-11,18H2,1H3,(H,19,23)/t13-,14+/m1/s1. The van der Waals surface area contributed by atoms with Crippen molar-refractivity contribution in [1.29, 1.82) is 0 Å². The third-order valence-electron chi connectivity index (χ3n) is 4.51. The van der Waals surface area contributed by atoms with Crippen LogP contribution in [0.15, 0.2) is 34.9 Å². The van der Waals surface area contributed by atoms with Crippen LogP contribution in [0.4, 0.5) is 0 Å². The lowest BCUT2D eigenvalue weighted by atomic mass is 9.89. The number of likely N-dealkylation sites (tertiary alicyclic amines) is 1. The first-order chi connectivity index (χ1) is 11.7. The highest BCUT2D eigenvalue weighted by Gasteiger charge is 2.33. The van der Waals surface area contributed by atoms with Gasteiger partial charge in [0.25, 0.3) is 0 Å². The van der Waals surface area contributed by atoms with Gasteiger partial charge in [0.1, 0.15) is 0 Å². The summed E-state index contributed by atoms with van der Waals surface area (Å²) >= 11 is 0. The fourth-order valence-electron chi connectivity index (χ4n) is 3.26. The van der Waals surface area contributed by atoms with Crippen molar-refractivity contribution in [1.82, 2.24) is 20.4 Å². The highest BCUT2D eigenvalue weighted by atomic mass is 16.5. The Morgan fingerprint density at radius 1 is 1.38 bits per heavy atom. The lowest BCUT2D eigenvalue weighted by Gasteiger charge is -2.16. The van der Waals surface area contributed by atoms with Crippen LogP contribution >= 0.6 is 0 Å². The van der Waals surface area contributed by atoms with Gasteiger partial charge in [-0.15, -0.1) is 0 Å². The molecular formula is C17H23N5O2. The maximum Gasteiger partial charge on any atom is 0.240 e. The number of hydrogen-bond acceptors (Lipinski definition) is 6. The topological polar surface area (TPSA) is 97.3 Å². The molecule has 3 rings (SSSR count). The molecule has 0 spiro atoms. The van der Waals surface area contributed by atoms with Crippen LogP contribution < -0.4 is 11.1 Å². The van der Waals surface area contributed by atoms with Gasteiger partial charge in [-0.05, 0) is 18.0 Å². The van der Waals surface area contributed by atoms with Crippen LogP contribution in [0.1, 0.15) is 23.2 Å². The fraction of sp³-hybridized carbons (Fsp3) is 0.471. The van der Waals surface area contributed by atoms with E-state index in [2.05, 4.69) is 44.6 Å². The van der Waals surface area contributed by atoms with Gasteiger partial charge >= 0.3 is 0 Å². The Morgan fingerprint density at radius 2 is 2.17 bits per heavy atom. The van der Waals surface area contributed by atoms with E-state index in [4.69, 9.17) is 10.3 Å². The maximum atomic E-state index is 11.4. The summed E-state index contributed by atoms with van der Waals surface area (Å²) in [4.78, 5) is 17.9. The van der Waals surface area contributed by atoms with E-state index >= 15 is 0 Å². The van der Waals surface area contributed by atoms with Gasteiger partial charge in [0.05, 0.1) is 13.0 Å². The Morgan fingerprint density at radius 3 is 2.88 bits per heavy atom. The van der Waals surface area contributed by atoms with Gasteiger partial charge in [-0.3, -0.25) is 9.69 Å². The molecule has 1 aromatic heterocycles. The predicted molar refractivity (Wildman–Crippen MR) is 89.1 cm³/mol. The van der Waals surface area contributed by atoms with E-state index in [0.717, 1.165) is 13.1 Å². The van der Waals surface area contributed by atoms with Crippen molar-refractivity contribution in [3.05, 3.63) is 47.6 Å². The van der Waals surface area contributed by atoms with E-state index in [9.17, 15) is 4.79 Å². The van der Waals surface area contributed by atoms with Gasteiger partial charge in [-0.2, -0.15) is 4.98 Å². The summed E-state index contributed by atoms with van der Waals surface area (Å²) in [7, 11) is 1.59. The van der Waals surface area contributed by atoms with Crippen molar-refractivity contribution < 1.29 is 9.32 Å². The third-order valence-corrected chi connectivity index (χ3v) is 4.51. The number of nitrogens with one attached hydrogen (secondary N) is 1. The van der Waals surface area contributed by atoms with Gasteiger partial charge in [0, 0.05) is 26.1 Å². The van der Waals surface area contributed by atoms with Crippen LogP contribution in [0.25, 0.3) is 0 Å². The summed E-state index contributed by atoms with van der Waals surface area (Å²) in [6, 6.07) is 10.5. The molecule has 1 saturated heterocycles. The maximum absolute atomic E-state index is 11.4. The molecule has 2 aromatic rings. The minimum absolute atomic E-state index is 0.129. The molecule has 2 atom stereocenters. The largest absolute Gasteiger partial charge is 0.359 e. The zero-order valence-electron chi connectivity index (χ0n) is 13.8. The Bertz CT molecular complexity index is 673. The number of carbonyl (C=O) groups is 1. The number of nitrogens with two attached hydrogens (primary N) is 1. The first-order valence-electron chi connectivity index (χ1n) is 8.19. The van der Waals surface area contributed by atoms with Crippen molar-refractivity contribution in [3.8, 4) is 0 Å². The quantitative estimate of drug-likeness (QED) is 0.802. The number of nitrogens with zero attached hydrogens (tertiary/aromatic N) is 3. The minimum atomic E-state index is -0.129. The molecule has 1 aromatic carbocycles. The normalized spacial score (nSPS) is 21.1. The predicted octanol–water partition coefficient (Wildman–Crippen LogP) is 0.532. The molecule has 128 valence electrons. The zero-order chi connectivity index (χ0) is 16.9. The van der Waals surface area contributed by atoms with Crippen molar-refractivity contribution in [2.75, 3.05) is 26.7 Å². The summed E-state index contributed by atoms with van der Waals surface area (Å²) in [5.41, 5.74) is 7.29. The van der Waals surface area contributed by atoms with Crippen LogP contribution in [-0.4, -0.2) is 47.6 Å². The van der Waals surface area contributed by atoms with Crippen molar-refractivity contribution in [2.45, 2.75) is 18.9 Å². The van der Waals surface area contributed by atoms with E-state index in [1.807, 2.05) is 6.07 Å². The average Bonchev–Trinajstić information content (AvgIpc) is 3.22. The number of aromatic nitrogens is 2. The fourth-order valence-corrected chi connectivity index (χ4v) is 3.26. The number of benzene rings is 1. The van der Waals surface area contributed by atoms with Crippen molar-refractivity contribution >= 4 is 5.91 Å². The first kappa shape index (κ1) is 16.6. The molecule has 1 amide bonds. The SMILES string of the molecule is CNC(=O)Cc1noc(CN2C[C@@H](CN)[C@H](c3ccccc3)C2)n1. The molecule has 7 nitrogen and oxygen atoms in total. The molecule has 2 heterocycles. The molecule has 1 aliphatic rings. The van der Waals surface area contributed by atoms with E-state index in [0.29, 0.717) is 36.6 Å². The van der Waals surface area contributed by atoms with Crippen LogP contribution in [0.3, 0.4) is 0 Å².